The van der Waals surface area contributed by atoms with Gasteiger partial charge in [0, 0.05) is 23.3 Å². The van der Waals surface area contributed by atoms with E-state index in [1.165, 1.54) is 16.2 Å². The summed E-state index contributed by atoms with van der Waals surface area (Å²) in [6, 6.07) is 5.58. The number of carbonyl (C=O) groups is 1. The fourth-order valence-electron chi connectivity index (χ4n) is 1.95. The van der Waals surface area contributed by atoms with Crippen LogP contribution in [0.15, 0.2) is 23.6 Å². The summed E-state index contributed by atoms with van der Waals surface area (Å²) < 4.78 is 11.1. The number of aromatic nitrogens is 1. The Morgan fingerprint density at radius 1 is 1.35 bits per heavy atom. The van der Waals surface area contributed by atoms with Gasteiger partial charge in [-0.05, 0) is 18.2 Å². The van der Waals surface area contributed by atoms with E-state index in [-0.39, 0.29) is 6.42 Å². The standard InChI is InChI=1S/C16H20N2O4S/c1-18(2)6-7-22-13-5-4-11(8-14(13)21-3)16-17-12(10-23-16)9-15(19)20/h4-5,8,10H,6-7,9H2,1-3H3,(H,19,20). The molecule has 1 N–H and O–H groups in total. The Balaban J connectivity index is 2.14. The lowest BCUT2D eigenvalue weighted by molar-refractivity contribution is -0.858. The van der Waals surface area contributed by atoms with Crippen molar-refractivity contribution in [2.75, 3.05) is 34.4 Å². The number of hydrogen-bond acceptors (Lipinski definition) is 6. The van der Waals surface area contributed by atoms with E-state index in [1.54, 1.807) is 12.5 Å². The second-order valence-corrected chi connectivity index (χ2v) is 6.22. The molecule has 1 heterocycles. The Labute approximate surface area is 139 Å². The number of ether oxygens (including phenoxy) is 2. The molecule has 23 heavy (non-hydrogen) atoms. The lowest BCUT2D eigenvalue weighted by Crippen LogP contribution is -3.06. The molecule has 0 radical (unpaired) electrons. The molecule has 2 rings (SSSR count). The number of thiazole rings is 1. The molecule has 0 fully saturated rings. The first kappa shape index (κ1) is 17.2. The van der Waals surface area contributed by atoms with Crippen molar-refractivity contribution in [2.24, 2.45) is 0 Å². The minimum atomic E-state index is -1.13. The van der Waals surface area contributed by atoms with Crippen molar-refractivity contribution in [2.45, 2.75) is 6.42 Å². The summed E-state index contributed by atoms with van der Waals surface area (Å²) in [6.07, 6.45) is -0.179. The van der Waals surface area contributed by atoms with Crippen LogP contribution in [0.3, 0.4) is 0 Å². The summed E-state index contributed by atoms with van der Waals surface area (Å²) >= 11 is 1.39. The normalized spacial score (nSPS) is 10.8. The van der Waals surface area contributed by atoms with E-state index in [0.29, 0.717) is 23.8 Å². The lowest BCUT2D eigenvalue weighted by atomic mass is 10.2. The van der Waals surface area contributed by atoms with Crippen molar-refractivity contribution in [3.05, 3.63) is 29.3 Å². The summed E-state index contributed by atoms with van der Waals surface area (Å²) in [5, 5.41) is 13.1. The topological polar surface area (TPSA) is 75.9 Å². The average molecular weight is 336 g/mol. The van der Waals surface area contributed by atoms with E-state index >= 15 is 0 Å². The molecule has 0 spiro atoms. The Morgan fingerprint density at radius 3 is 2.78 bits per heavy atom. The number of quaternary nitrogens is 1. The van der Waals surface area contributed by atoms with Gasteiger partial charge in [0.15, 0.2) is 11.5 Å². The lowest BCUT2D eigenvalue weighted by Gasteiger charge is -2.12. The Morgan fingerprint density at radius 2 is 2.13 bits per heavy atom. The van der Waals surface area contributed by atoms with Gasteiger partial charge in [-0.1, -0.05) is 0 Å². The van der Waals surface area contributed by atoms with E-state index in [1.807, 2.05) is 18.2 Å². The minimum absolute atomic E-state index is 0.179. The predicted molar refractivity (Wildman–Crippen MR) is 86.0 cm³/mol. The zero-order chi connectivity index (χ0) is 16.8. The highest BCUT2D eigenvalue weighted by Gasteiger charge is 2.11. The molecule has 0 unspecified atom stereocenters. The molecule has 124 valence electrons. The Hall–Kier alpha value is -2.12. The Kier molecular flexibility index (Phi) is 5.95. The average Bonchev–Trinajstić information content (AvgIpc) is 2.94. The molecule has 7 heteroatoms. The number of rotatable bonds is 8. The molecule has 0 atom stereocenters. The number of nitrogens with one attached hydrogen (secondary N) is 1. The highest BCUT2D eigenvalue weighted by molar-refractivity contribution is 7.13. The van der Waals surface area contributed by atoms with E-state index < -0.39 is 5.97 Å². The smallest absolute Gasteiger partial charge is 0.161 e. The van der Waals surface area contributed by atoms with Crippen LogP contribution in [-0.4, -0.2) is 45.3 Å². The molecule has 0 aliphatic heterocycles. The third-order valence-corrected chi connectivity index (χ3v) is 4.09. The number of carboxylic acids is 1. The van der Waals surface area contributed by atoms with Crippen molar-refractivity contribution in [1.29, 1.82) is 0 Å². The summed E-state index contributed by atoms with van der Waals surface area (Å²) in [5.41, 5.74) is 1.36. The predicted octanol–water partition coefficient (Wildman–Crippen LogP) is -0.366. The third-order valence-electron chi connectivity index (χ3n) is 3.15. The van der Waals surface area contributed by atoms with Crippen LogP contribution >= 0.6 is 11.3 Å². The number of carboxylic acid groups (broad SMARTS) is 1. The van der Waals surface area contributed by atoms with Gasteiger partial charge in [-0.25, -0.2) is 4.98 Å². The number of benzene rings is 1. The molecule has 0 saturated heterocycles. The van der Waals surface area contributed by atoms with Gasteiger partial charge in [-0.15, -0.1) is 11.3 Å². The molecule has 0 aliphatic rings. The number of hydrogen-bond donors (Lipinski definition) is 1. The van der Waals surface area contributed by atoms with Gasteiger partial charge in [-0.3, -0.25) is 0 Å². The second-order valence-electron chi connectivity index (χ2n) is 5.36. The molecule has 1 aromatic heterocycles. The molecule has 0 amide bonds. The molecule has 1 aromatic carbocycles. The highest BCUT2D eigenvalue weighted by atomic mass is 32.1. The maximum Gasteiger partial charge on any atom is 0.161 e. The fraction of sp³-hybridized carbons (Fsp3) is 0.375. The van der Waals surface area contributed by atoms with Crippen LogP contribution in [0.1, 0.15) is 5.69 Å². The zero-order valence-electron chi connectivity index (χ0n) is 13.4. The molecular formula is C16H20N2O4S. The van der Waals surface area contributed by atoms with Crippen LogP contribution in [0, 0.1) is 0 Å². The number of aliphatic carboxylic acids is 1. The number of likely N-dealkylation sites (N-methyl/N-ethyl adjacent to an activating group) is 1. The molecule has 0 aliphatic carbocycles. The highest BCUT2D eigenvalue weighted by Crippen LogP contribution is 2.33. The van der Waals surface area contributed by atoms with Crippen LogP contribution in [0.25, 0.3) is 10.6 Å². The van der Waals surface area contributed by atoms with Crippen LogP contribution in [0.4, 0.5) is 0 Å². The van der Waals surface area contributed by atoms with E-state index in [9.17, 15) is 9.90 Å². The number of methoxy groups -OCH3 is 1. The number of carbonyl (C=O) groups excluding carboxylic acids is 1. The van der Waals surface area contributed by atoms with Crippen molar-refractivity contribution >= 4 is 17.3 Å². The van der Waals surface area contributed by atoms with Crippen molar-refractivity contribution in [3.63, 3.8) is 0 Å². The molecule has 0 bridgehead atoms. The first-order valence-electron chi connectivity index (χ1n) is 7.24. The van der Waals surface area contributed by atoms with Crippen LogP contribution in [-0.2, 0) is 11.2 Å². The van der Waals surface area contributed by atoms with Crippen molar-refractivity contribution in [1.82, 2.24) is 4.98 Å². The van der Waals surface area contributed by atoms with Crippen LogP contribution in [0.2, 0.25) is 0 Å². The van der Waals surface area contributed by atoms with Gasteiger partial charge in [0.25, 0.3) is 0 Å². The third kappa shape index (κ3) is 4.94. The van der Waals surface area contributed by atoms with Gasteiger partial charge in [-0.2, -0.15) is 0 Å². The van der Waals surface area contributed by atoms with Gasteiger partial charge >= 0.3 is 0 Å². The molecular weight excluding hydrogens is 316 g/mol. The van der Waals surface area contributed by atoms with Gasteiger partial charge < -0.3 is 24.3 Å². The summed E-state index contributed by atoms with van der Waals surface area (Å²) in [6.45, 7) is 1.50. The van der Waals surface area contributed by atoms with Gasteiger partial charge in [0.2, 0.25) is 0 Å². The SMILES string of the molecule is COc1cc(-c2nc(CC(=O)[O-])cs2)ccc1OCC[NH+](C)C. The van der Waals surface area contributed by atoms with Gasteiger partial charge in [0.05, 0.1) is 26.9 Å². The summed E-state index contributed by atoms with van der Waals surface area (Å²) in [7, 11) is 5.72. The summed E-state index contributed by atoms with van der Waals surface area (Å²) in [4.78, 5) is 16.2. The maximum absolute atomic E-state index is 10.6. The minimum Gasteiger partial charge on any atom is -0.550 e. The van der Waals surface area contributed by atoms with E-state index in [0.717, 1.165) is 17.1 Å². The van der Waals surface area contributed by atoms with Gasteiger partial charge in [0.1, 0.15) is 18.2 Å². The van der Waals surface area contributed by atoms with E-state index in [4.69, 9.17) is 9.47 Å². The Bertz CT molecular complexity index is 670. The van der Waals surface area contributed by atoms with Crippen molar-refractivity contribution < 1.29 is 24.3 Å². The van der Waals surface area contributed by atoms with Crippen LogP contribution in [0.5, 0.6) is 11.5 Å². The molecule has 2 aromatic rings. The maximum atomic E-state index is 10.6. The van der Waals surface area contributed by atoms with Crippen LogP contribution < -0.4 is 19.5 Å². The van der Waals surface area contributed by atoms with E-state index in [2.05, 4.69) is 19.1 Å². The monoisotopic (exact) mass is 336 g/mol. The largest absolute Gasteiger partial charge is 0.550 e. The second kappa shape index (κ2) is 7.94. The number of nitrogens with zero attached hydrogens (tertiary/aromatic N) is 1. The van der Waals surface area contributed by atoms with Crippen molar-refractivity contribution in [3.8, 4) is 22.1 Å². The molecule has 6 nitrogen and oxygen atoms in total. The summed E-state index contributed by atoms with van der Waals surface area (Å²) in [5.74, 6) is 0.183. The first-order valence-corrected chi connectivity index (χ1v) is 8.12. The fourth-order valence-corrected chi connectivity index (χ4v) is 2.77. The quantitative estimate of drug-likeness (QED) is 0.712. The molecule has 0 saturated carbocycles. The first-order chi connectivity index (χ1) is 11.0. The zero-order valence-corrected chi connectivity index (χ0v) is 14.2.